The molecule has 0 radical (unpaired) electrons. The molecule has 1 aliphatic rings. The molecule has 1 N–H and O–H groups in total. The second-order valence-electron chi connectivity index (χ2n) is 5.53. The Hall–Kier alpha value is -0.970. The quantitative estimate of drug-likeness (QED) is 0.776. The molecule has 0 spiro atoms. The van der Waals surface area contributed by atoms with Gasteiger partial charge in [0.1, 0.15) is 5.82 Å². The van der Waals surface area contributed by atoms with E-state index in [-0.39, 0.29) is 5.82 Å². The summed E-state index contributed by atoms with van der Waals surface area (Å²) in [7, 11) is 1.72. The monoisotopic (exact) mass is 280 g/mol. The third-order valence-electron chi connectivity index (χ3n) is 4.05. The zero-order valence-corrected chi connectivity index (χ0v) is 12.5. The van der Waals surface area contributed by atoms with Crippen LogP contribution in [0.25, 0.3) is 0 Å². The molecule has 4 heteroatoms. The number of halogens is 1. The van der Waals surface area contributed by atoms with E-state index in [9.17, 15) is 4.39 Å². The van der Waals surface area contributed by atoms with Crippen LogP contribution in [0.1, 0.15) is 24.0 Å². The molecule has 112 valence electrons. The van der Waals surface area contributed by atoms with Crippen LogP contribution < -0.4 is 5.32 Å². The number of hydrogen-bond donors (Lipinski definition) is 1. The molecule has 1 aromatic carbocycles. The molecule has 0 saturated carbocycles. The van der Waals surface area contributed by atoms with E-state index in [1.54, 1.807) is 13.2 Å². The van der Waals surface area contributed by atoms with Gasteiger partial charge in [-0.3, -0.25) is 4.90 Å². The molecular formula is C16H25FN2O. The second kappa shape index (κ2) is 7.72. The molecule has 1 saturated heterocycles. The molecule has 20 heavy (non-hydrogen) atoms. The number of rotatable bonds is 7. The fraction of sp³-hybridized carbons (Fsp3) is 0.625. The van der Waals surface area contributed by atoms with Gasteiger partial charge < -0.3 is 10.1 Å². The second-order valence-corrected chi connectivity index (χ2v) is 5.53. The first-order chi connectivity index (χ1) is 9.70. The van der Waals surface area contributed by atoms with Gasteiger partial charge in [-0.1, -0.05) is 6.07 Å². The van der Waals surface area contributed by atoms with Crippen LogP contribution in [0.2, 0.25) is 0 Å². The van der Waals surface area contributed by atoms with Gasteiger partial charge in [0.25, 0.3) is 0 Å². The van der Waals surface area contributed by atoms with E-state index in [4.69, 9.17) is 4.74 Å². The Balaban J connectivity index is 1.88. The van der Waals surface area contributed by atoms with Crippen LogP contribution >= 0.6 is 0 Å². The van der Waals surface area contributed by atoms with Crippen molar-refractivity contribution in [1.82, 2.24) is 10.2 Å². The molecular weight excluding hydrogens is 255 g/mol. The van der Waals surface area contributed by atoms with Crippen molar-refractivity contribution >= 4 is 0 Å². The number of methoxy groups -OCH3 is 1. The molecule has 0 aliphatic carbocycles. The molecule has 0 aromatic heterocycles. The van der Waals surface area contributed by atoms with Gasteiger partial charge in [0.15, 0.2) is 0 Å². The summed E-state index contributed by atoms with van der Waals surface area (Å²) in [5.41, 5.74) is 2.28. The van der Waals surface area contributed by atoms with Gasteiger partial charge in [-0.2, -0.15) is 0 Å². The summed E-state index contributed by atoms with van der Waals surface area (Å²) in [4.78, 5) is 2.46. The number of hydrogen-bond acceptors (Lipinski definition) is 3. The Bertz CT molecular complexity index is 425. The lowest BCUT2D eigenvalue weighted by molar-refractivity contribution is 0.191. The number of likely N-dealkylation sites (tertiary alicyclic amines) is 1. The topological polar surface area (TPSA) is 24.5 Å². The summed E-state index contributed by atoms with van der Waals surface area (Å²) in [6, 6.07) is 5.62. The number of nitrogens with zero attached hydrogens (tertiary/aromatic N) is 1. The van der Waals surface area contributed by atoms with Crippen LogP contribution in [0, 0.1) is 12.7 Å². The standard InChI is InChI=1S/C16H25FN2O/c1-13-5-6-15(17)10-14(13)12-19-8-3-4-16(19)11-18-7-9-20-2/h5-6,10,16,18H,3-4,7-9,11-12H2,1-2H3. The molecule has 2 rings (SSSR count). The minimum Gasteiger partial charge on any atom is -0.383 e. The Morgan fingerprint density at radius 3 is 3.10 bits per heavy atom. The molecule has 0 bridgehead atoms. The van der Waals surface area contributed by atoms with Crippen molar-refractivity contribution in [3.05, 3.63) is 35.1 Å². The van der Waals surface area contributed by atoms with Crippen molar-refractivity contribution in [2.24, 2.45) is 0 Å². The lowest BCUT2D eigenvalue weighted by Crippen LogP contribution is -2.38. The van der Waals surface area contributed by atoms with Crippen molar-refractivity contribution < 1.29 is 9.13 Å². The largest absolute Gasteiger partial charge is 0.383 e. The molecule has 1 atom stereocenters. The zero-order chi connectivity index (χ0) is 14.4. The van der Waals surface area contributed by atoms with E-state index < -0.39 is 0 Å². The number of nitrogens with one attached hydrogen (secondary N) is 1. The number of aryl methyl sites for hydroxylation is 1. The van der Waals surface area contributed by atoms with E-state index in [0.717, 1.165) is 38.3 Å². The van der Waals surface area contributed by atoms with Gasteiger partial charge >= 0.3 is 0 Å². The van der Waals surface area contributed by atoms with E-state index in [1.165, 1.54) is 24.5 Å². The first-order valence-corrected chi connectivity index (χ1v) is 7.39. The lowest BCUT2D eigenvalue weighted by atomic mass is 10.1. The molecule has 1 aliphatic heterocycles. The Labute approximate surface area is 121 Å². The summed E-state index contributed by atoms with van der Waals surface area (Å²) in [6.07, 6.45) is 2.44. The average Bonchev–Trinajstić information content (AvgIpc) is 2.86. The average molecular weight is 280 g/mol. The summed E-state index contributed by atoms with van der Waals surface area (Å²) in [5.74, 6) is -0.139. The highest BCUT2D eigenvalue weighted by Gasteiger charge is 2.24. The van der Waals surface area contributed by atoms with Crippen LogP contribution in [0.15, 0.2) is 18.2 Å². The summed E-state index contributed by atoms with van der Waals surface area (Å²) < 4.78 is 18.4. The van der Waals surface area contributed by atoms with Crippen LogP contribution in [0.3, 0.4) is 0 Å². The first kappa shape index (κ1) is 15.4. The van der Waals surface area contributed by atoms with Crippen LogP contribution in [0.5, 0.6) is 0 Å². The fourth-order valence-corrected chi connectivity index (χ4v) is 2.81. The van der Waals surface area contributed by atoms with Gasteiger partial charge in [-0.25, -0.2) is 4.39 Å². The van der Waals surface area contributed by atoms with Crippen LogP contribution in [0.4, 0.5) is 4.39 Å². The minimum atomic E-state index is -0.139. The normalized spacial score (nSPS) is 19.6. The van der Waals surface area contributed by atoms with Crippen LogP contribution in [-0.4, -0.2) is 44.3 Å². The number of benzene rings is 1. The highest BCUT2D eigenvalue weighted by Crippen LogP contribution is 2.21. The highest BCUT2D eigenvalue weighted by molar-refractivity contribution is 5.26. The van der Waals surface area contributed by atoms with Crippen molar-refractivity contribution in [1.29, 1.82) is 0 Å². The lowest BCUT2D eigenvalue weighted by Gasteiger charge is -2.25. The maximum absolute atomic E-state index is 13.4. The van der Waals surface area contributed by atoms with Gasteiger partial charge in [0, 0.05) is 32.8 Å². The Morgan fingerprint density at radius 1 is 1.45 bits per heavy atom. The third kappa shape index (κ3) is 4.27. The van der Waals surface area contributed by atoms with E-state index in [2.05, 4.69) is 17.1 Å². The maximum Gasteiger partial charge on any atom is 0.123 e. The molecule has 0 amide bonds. The van der Waals surface area contributed by atoms with Gasteiger partial charge in [0.05, 0.1) is 6.61 Å². The van der Waals surface area contributed by atoms with Crippen molar-refractivity contribution in [2.75, 3.05) is 33.4 Å². The van der Waals surface area contributed by atoms with Gasteiger partial charge in [-0.05, 0) is 49.6 Å². The molecule has 1 fully saturated rings. The van der Waals surface area contributed by atoms with Crippen molar-refractivity contribution in [3.8, 4) is 0 Å². The minimum absolute atomic E-state index is 0.139. The predicted octanol–water partition coefficient (Wildman–Crippen LogP) is 2.33. The summed E-state index contributed by atoms with van der Waals surface area (Å²) in [6.45, 7) is 6.62. The Kier molecular flexibility index (Phi) is 5.95. The summed E-state index contributed by atoms with van der Waals surface area (Å²) >= 11 is 0. The number of ether oxygens (including phenoxy) is 1. The van der Waals surface area contributed by atoms with Gasteiger partial charge in [-0.15, -0.1) is 0 Å². The molecule has 1 heterocycles. The molecule has 1 aromatic rings. The highest BCUT2D eigenvalue weighted by atomic mass is 19.1. The molecule has 3 nitrogen and oxygen atoms in total. The van der Waals surface area contributed by atoms with Gasteiger partial charge in [0.2, 0.25) is 0 Å². The predicted molar refractivity (Wildman–Crippen MR) is 79.3 cm³/mol. The fourth-order valence-electron chi connectivity index (χ4n) is 2.81. The van der Waals surface area contributed by atoms with E-state index >= 15 is 0 Å². The third-order valence-corrected chi connectivity index (χ3v) is 4.05. The zero-order valence-electron chi connectivity index (χ0n) is 12.5. The Morgan fingerprint density at radius 2 is 2.30 bits per heavy atom. The SMILES string of the molecule is COCCNCC1CCCN1Cc1cc(F)ccc1C. The smallest absolute Gasteiger partial charge is 0.123 e. The van der Waals surface area contributed by atoms with Crippen LogP contribution in [-0.2, 0) is 11.3 Å². The summed E-state index contributed by atoms with van der Waals surface area (Å²) in [5, 5.41) is 3.43. The van der Waals surface area contributed by atoms with Crippen molar-refractivity contribution in [3.63, 3.8) is 0 Å². The molecule has 1 unspecified atom stereocenters. The van der Waals surface area contributed by atoms with E-state index in [0.29, 0.717) is 6.04 Å². The van der Waals surface area contributed by atoms with E-state index in [1.807, 2.05) is 6.07 Å². The first-order valence-electron chi connectivity index (χ1n) is 7.39. The van der Waals surface area contributed by atoms with Crippen molar-refractivity contribution in [2.45, 2.75) is 32.4 Å². The maximum atomic E-state index is 13.4.